The van der Waals surface area contributed by atoms with Crippen molar-refractivity contribution in [2.75, 3.05) is 19.8 Å². The van der Waals surface area contributed by atoms with Crippen molar-refractivity contribution in [3.05, 3.63) is 69.7 Å². The van der Waals surface area contributed by atoms with E-state index < -0.39 is 16.1 Å². The predicted molar refractivity (Wildman–Crippen MR) is 146 cm³/mol. The summed E-state index contributed by atoms with van der Waals surface area (Å²) in [4.78, 5) is 14.7. The molecular weight excluding hydrogens is 512 g/mol. The maximum absolute atomic E-state index is 13.2. The molecular formula is C28H37ClN2O5S. The molecule has 2 aliphatic heterocycles. The molecule has 0 spiro atoms. The van der Waals surface area contributed by atoms with Crippen LogP contribution < -0.4 is 4.72 Å². The Morgan fingerprint density at radius 2 is 1.97 bits per heavy atom. The number of carbonyl (C=O) groups excluding carboxylic acids is 1. The molecule has 1 N–H and O–H groups in total. The summed E-state index contributed by atoms with van der Waals surface area (Å²) in [5.74, 6) is 0. The van der Waals surface area contributed by atoms with Gasteiger partial charge in [0.1, 0.15) is 11.4 Å². The smallest absolute Gasteiger partial charge is 0.410 e. The molecule has 0 aliphatic carbocycles. The lowest BCUT2D eigenvalue weighted by molar-refractivity contribution is -0.182. The van der Waals surface area contributed by atoms with E-state index in [1.165, 1.54) is 0 Å². The number of nitrogens with zero attached hydrogens (tertiary/aromatic N) is 1. The van der Waals surface area contributed by atoms with Crippen LogP contribution in [0.5, 0.6) is 0 Å². The van der Waals surface area contributed by atoms with Gasteiger partial charge in [-0.2, -0.15) is 0 Å². The van der Waals surface area contributed by atoms with Gasteiger partial charge in [-0.25, -0.2) is 4.79 Å². The molecule has 202 valence electrons. The molecule has 0 aromatic heterocycles. The highest BCUT2D eigenvalue weighted by Gasteiger charge is 2.33. The van der Waals surface area contributed by atoms with Gasteiger partial charge < -0.3 is 23.7 Å². The molecule has 1 fully saturated rings. The van der Waals surface area contributed by atoms with E-state index in [4.69, 9.17) is 25.8 Å². The SMILES string of the molecule is CC(C)(C)[S@+]([O-])N[C@@H](CCC1OCCCO1)c1cc(Cl)cc2c1CN(C(=O)OCc1ccccc1)CC2. The van der Waals surface area contributed by atoms with E-state index in [0.29, 0.717) is 50.6 Å². The summed E-state index contributed by atoms with van der Waals surface area (Å²) in [6, 6.07) is 13.3. The maximum Gasteiger partial charge on any atom is 0.410 e. The first-order valence-electron chi connectivity index (χ1n) is 12.9. The highest BCUT2D eigenvalue weighted by Crippen LogP contribution is 2.34. The van der Waals surface area contributed by atoms with E-state index >= 15 is 0 Å². The first-order valence-corrected chi connectivity index (χ1v) is 14.4. The topological polar surface area (TPSA) is 83.1 Å². The molecule has 37 heavy (non-hydrogen) atoms. The number of nitrogens with one attached hydrogen (secondary N) is 1. The average molecular weight is 549 g/mol. The largest absolute Gasteiger partial charge is 0.598 e. The molecule has 9 heteroatoms. The molecule has 1 saturated heterocycles. The zero-order chi connectivity index (χ0) is 26.4. The minimum atomic E-state index is -1.30. The Morgan fingerprint density at radius 1 is 1.24 bits per heavy atom. The minimum absolute atomic E-state index is 0.229. The summed E-state index contributed by atoms with van der Waals surface area (Å²) in [6.45, 7) is 8.39. The molecule has 4 rings (SSSR count). The Morgan fingerprint density at radius 3 is 2.68 bits per heavy atom. The van der Waals surface area contributed by atoms with Crippen molar-refractivity contribution in [3.63, 3.8) is 0 Å². The quantitative estimate of drug-likeness (QED) is 0.428. The third kappa shape index (κ3) is 7.85. The monoisotopic (exact) mass is 548 g/mol. The van der Waals surface area contributed by atoms with Crippen LogP contribution in [0.1, 0.15) is 68.3 Å². The molecule has 0 radical (unpaired) electrons. The van der Waals surface area contributed by atoms with Crippen molar-refractivity contribution >= 4 is 29.1 Å². The Balaban J connectivity index is 1.54. The van der Waals surface area contributed by atoms with Gasteiger partial charge in [0.25, 0.3) is 0 Å². The zero-order valence-electron chi connectivity index (χ0n) is 21.8. The van der Waals surface area contributed by atoms with Crippen LogP contribution in [0.15, 0.2) is 42.5 Å². The molecule has 2 aromatic rings. The summed E-state index contributed by atoms with van der Waals surface area (Å²) in [7, 11) is 0. The van der Waals surface area contributed by atoms with Crippen LogP contribution in [0, 0.1) is 0 Å². The van der Waals surface area contributed by atoms with Gasteiger partial charge in [0.2, 0.25) is 0 Å². The summed E-state index contributed by atoms with van der Waals surface area (Å²) in [6.07, 6.45) is 2.25. The summed E-state index contributed by atoms with van der Waals surface area (Å²) in [5, 5.41) is 0.632. The number of hydrogen-bond acceptors (Lipinski definition) is 6. The van der Waals surface area contributed by atoms with E-state index in [0.717, 1.165) is 28.7 Å². The van der Waals surface area contributed by atoms with E-state index in [-0.39, 0.29) is 25.0 Å². The van der Waals surface area contributed by atoms with Crippen LogP contribution >= 0.6 is 11.6 Å². The summed E-state index contributed by atoms with van der Waals surface area (Å²) < 4.78 is 33.2. The van der Waals surface area contributed by atoms with Crippen molar-refractivity contribution in [2.24, 2.45) is 0 Å². The molecule has 0 saturated carbocycles. The van der Waals surface area contributed by atoms with Crippen LogP contribution in [0.4, 0.5) is 4.79 Å². The molecule has 2 aliphatic rings. The van der Waals surface area contributed by atoms with Gasteiger partial charge in [-0.3, -0.25) is 0 Å². The Bertz CT molecular complexity index is 1040. The van der Waals surface area contributed by atoms with E-state index in [9.17, 15) is 9.35 Å². The van der Waals surface area contributed by atoms with Crippen molar-refractivity contribution in [1.29, 1.82) is 0 Å². The van der Waals surface area contributed by atoms with Crippen molar-refractivity contribution in [1.82, 2.24) is 9.62 Å². The Labute approximate surface area is 228 Å². The minimum Gasteiger partial charge on any atom is -0.598 e. The summed E-state index contributed by atoms with van der Waals surface area (Å²) >= 11 is 5.26. The fourth-order valence-electron chi connectivity index (χ4n) is 4.52. The van der Waals surface area contributed by atoms with Gasteiger partial charge in [0.15, 0.2) is 6.29 Å². The molecule has 2 aromatic carbocycles. The lowest BCUT2D eigenvalue weighted by Crippen LogP contribution is -2.42. The highest BCUT2D eigenvalue weighted by atomic mass is 35.5. The summed E-state index contributed by atoms with van der Waals surface area (Å²) in [5.41, 5.74) is 4.03. The van der Waals surface area contributed by atoms with Crippen LogP contribution in [-0.4, -0.2) is 46.3 Å². The normalized spacial score (nSPS) is 18.2. The third-order valence-corrected chi connectivity index (χ3v) is 8.40. The van der Waals surface area contributed by atoms with Crippen molar-refractivity contribution < 1.29 is 23.6 Å². The fourth-order valence-corrected chi connectivity index (χ4v) is 5.63. The van der Waals surface area contributed by atoms with Crippen LogP contribution in [-0.2, 0) is 45.1 Å². The van der Waals surface area contributed by atoms with Gasteiger partial charge in [-0.1, -0.05) is 41.9 Å². The lowest BCUT2D eigenvalue weighted by atomic mass is 9.90. The van der Waals surface area contributed by atoms with E-state index in [2.05, 4.69) is 4.72 Å². The molecule has 0 bridgehead atoms. The molecule has 1 amide bonds. The standard InChI is InChI=1S/C28H37ClN2O5S/c1-28(2,3)37(33)30-25(10-11-26-34-14-7-15-35-26)23-17-22(29)16-21-12-13-31(18-24(21)23)27(32)36-19-20-8-5-4-6-9-20/h4-6,8-9,16-17,25-26,30H,7,10-15,18-19H2,1-3H3/t25-,37-/m0/s1. The Hall–Kier alpha value is -1.81. The number of rotatable bonds is 8. The number of carbonyl (C=O) groups is 1. The zero-order valence-corrected chi connectivity index (χ0v) is 23.4. The Kier molecular flexibility index (Phi) is 9.78. The molecule has 2 heterocycles. The van der Waals surface area contributed by atoms with Gasteiger partial charge in [-0.05, 0) is 74.4 Å². The van der Waals surface area contributed by atoms with Crippen LogP contribution in [0.25, 0.3) is 0 Å². The van der Waals surface area contributed by atoms with Crippen molar-refractivity contribution in [2.45, 2.75) is 76.7 Å². The van der Waals surface area contributed by atoms with Gasteiger partial charge in [-0.15, -0.1) is 4.72 Å². The first-order chi connectivity index (χ1) is 17.7. The van der Waals surface area contributed by atoms with Gasteiger partial charge >= 0.3 is 6.09 Å². The molecule has 2 atom stereocenters. The van der Waals surface area contributed by atoms with E-state index in [1.54, 1.807) is 4.90 Å². The van der Waals surface area contributed by atoms with E-state index in [1.807, 2.05) is 63.2 Å². The second-order valence-corrected chi connectivity index (χ2v) is 12.9. The lowest BCUT2D eigenvalue weighted by Gasteiger charge is -2.34. The number of amides is 1. The average Bonchev–Trinajstić information content (AvgIpc) is 2.89. The number of fused-ring (bicyclic) bond motifs is 1. The van der Waals surface area contributed by atoms with Gasteiger partial charge in [0.05, 0.1) is 19.3 Å². The number of benzene rings is 2. The highest BCUT2D eigenvalue weighted by molar-refractivity contribution is 7.90. The number of hydrogen-bond donors (Lipinski definition) is 1. The first kappa shape index (κ1) is 28.2. The predicted octanol–water partition coefficient (Wildman–Crippen LogP) is 5.67. The van der Waals surface area contributed by atoms with Crippen LogP contribution in [0.2, 0.25) is 5.02 Å². The number of halogens is 1. The second-order valence-electron chi connectivity index (χ2n) is 10.5. The van der Waals surface area contributed by atoms with Crippen molar-refractivity contribution in [3.8, 4) is 0 Å². The third-order valence-electron chi connectivity index (χ3n) is 6.57. The number of ether oxygens (including phenoxy) is 3. The fraction of sp³-hybridized carbons (Fsp3) is 0.536. The van der Waals surface area contributed by atoms with Gasteiger partial charge in [0, 0.05) is 35.9 Å². The van der Waals surface area contributed by atoms with Crippen LogP contribution in [0.3, 0.4) is 0 Å². The molecule has 7 nitrogen and oxygen atoms in total. The maximum atomic E-state index is 13.2. The second kappa shape index (κ2) is 12.8. The molecule has 0 unspecified atom stereocenters.